The van der Waals surface area contributed by atoms with Gasteiger partial charge in [-0.1, -0.05) is 6.07 Å². The van der Waals surface area contributed by atoms with Crippen LogP contribution in [0.5, 0.6) is 0 Å². The normalized spacial score (nSPS) is 18.8. The molecule has 1 aliphatic heterocycles. The zero-order valence-electron chi connectivity index (χ0n) is 14.1. The zero-order chi connectivity index (χ0) is 17.6. The number of aromatic nitrogens is 2. The van der Waals surface area contributed by atoms with E-state index >= 15 is 0 Å². The number of fused-ring (bicyclic) bond motifs is 1. The van der Waals surface area contributed by atoms with Crippen LogP contribution in [0, 0.1) is 6.92 Å². The summed E-state index contributed by atoms with van der Waals surface area (Å²) >= 11 is 0. The van der Waals surface area contributed by atoms with Crippen LogP contribution in [0.15, 0.2) is 16.9 Å². The molecule has 1 atom stereocenters. The molecule has 0 aliphatic carbocycles. The highest BCUT2D eigenvalue weighted by Gasteiger charge is 2.36. The molecule has 2 heterocycles. The van der Waals surface area contributed by atoms with Crippen LogP contribution >= 0.6 is 0 Å². The number of alkyl halides is 2. The van der Waals surface area contributed by atoms with E-state index in [0.717, 1.165) is 11.1 Å². The Kier molecular flexibility index (Phi) is 4.07. The largest absolute Gasteiger partial charge is 0.336 e. The smallest absolute Gasteiger partial charge is 0.265 e. The van der Waals surface area contributed by atoms with Crippen molar-refractivity contribution in [3.05, 3.63) is 33.6 Å². The van der Waals surface area contributed by atoms with Crippen LogP contribution in [0.4, 0.5) is 14.7 Å². The molecule has 24 heavy (non-hydrogen) atoms. The van der Waals surface area contributed by atoms with Crippen LogP contribution in [0.25, 0.3) is 10.9 Å². The lowest BCUT2D eigenvalue weighted by molar-refractivity contribution is -0.0122. The summed E-state index contributed by atoms with van der Waals surface area (Å²) in [6.45, 7) is 3.75. The van der Waals surface area contributed by atoms with E-state index in [0.29, 0.717) is 23.9 Å². The van der Waals surface area contributed by atoms with Gasteiger partial charge in [0.25, 0.3) is 11.5 Å². The van der Waals surface area contributed by atoms with Gasteiger partial charge in [-0.3, -0.25) is 9.36 Å². The molecule has 1 fully saturated rings. The minimum atomic E-state index is -2.76. The van der Waals surface area contributed by atoms with Crippen molar-refractivity contribution in [1.82, 2.24) is 9.55 Å². The van der Waals surface area contributed by atoms with E-state index in [-0.39, 0.29) is 24.0 Å². The lowest BCUT2D eigenvalue weighted by atomic mass is 10.0. The Hall–Kier alpha value is -2.02. The number of nitrogens with two attached hydrogens (primary N) is 1. The molecule has 1 aromatic heterocycles. The third-order valence-corrected chi connectivity index (χ3v) is 4.50. The second-order valence-corrected chi connectivity index (χ2v) is 6.70. The van der Waals surface area contributed by atoms with Gasteiger partial charge in [-0.05, 0) is 37.5 Å². The van der Waals surface area contributed by atoms with Crippen molar-refractivity contribution in [2.45, 2.75) is 38.7 Å². The van der Waals surface area contributed by atoms with Crippen LogP contribution in [0.2, 0.25) is 0 Å². The molecule has 0 spiro atoms. The molecule has 7 heteroatoms. The van der Waals surface area contributed by atoms with Gasteiger partial charge in [-0.15, -0.1) is 0 Å². The fourth-order valence-corrected chi connectivity index (χ4v) is 3.31. The summed E-state index contributed by atoms with van der Waals surface area (Å²) in [4.78, 5) is 18.8. The number of hydrogen-bond acceptors (Lipinski definition) is 4. The zero-order valence-corrected chi connectivity index (χ0v) is 14.1. The summed E-state index contributed by atoms with van der Waals surface area (Å²) in [5, 5.41) is 0.470. The first kappa shape index (κ1) is 16.8. The molecule has 0 radical (unpaired) electrons. The van der Waals surface area contributed by atoms with E-state index in [1.54, 1.807) is 13.1 Å². The first-order valence-electron chi connectivity index (χ1n) is 8.09. The van der Waals surface area contributed by atoms with Crippen molar-refractivity contribution >= 4 is 16.9 Å². The predicted molar refractivity (Wildman–Crippen MR) is 90.7 cm³/mol. The number of halogens is 2. The highest BCUT2D eigenvalue weighted by molar-refractivity contribution is 5.83. The molecule has 1 aliphatic rings. The summed E-state index contributed by atoms with van der Waals surface area (Å²) in [6, 6.07) is 3.36. The Morgan fingerprint density at radius 2 is 2.08 bits per heavy atom. The number of hydrogen-bond donors (Lipinski definition) is 1. The van der Waals surface area contributed by atoms with Gasteiger partial charge in [0, 0.05) is 26.1 Å². The quantitative estimate of drug-likeness (QED) is 0.915. The molecule has 130 valence electrons. The monoisotopic (exact) mass is 336 g/mol. The van der Waals surface area contributed by atoms with Crippen LogP contribution in [0.1, 0.15) is 36.9 Å². The predicted octanol–water partition coefficient (Wildman–Crippen LogP) is 2.50. The SMILES string of the molecule is Cc1cc(C(C)N)c2nc(N3CCCC(F)(F)C3)n(C)c(=O)c2c1. The van der Waals surface area contributed by atoms with Gasteiger partial charge in [-0.2, -0.15) is 0 Å². The Labute approximate surface area is 139 Å². The average Bonchev–Trinajstić information content (AvgIpc) is 2.49. The standard InChI is InChI=1S/C17H22F2N4O/c1-10-7-12(11(2)20)14-13(8-10)15(24)22(3)16(21-14)23-6-4-5-17(18,19)9-23/h7-8,11H,4-6,9,20H2,1-3H3. The number of aryl methyl sites for hydroxylation is 1. The maximum atomic E-state index is 13.8. The summed E-state index contributed by atoms with van der Waals surface area (Å²) in [5.74, 6) is -2.49. The number of benzene rings is 1. The third kappa shape index (κ3) is 2.88. The Bertz CT molecular complexity index is 845. The van der Waals surface area contributed by atoms with Gasteiger partial charge in [-0.25, -0.2) is 13.8 Å². The van der Waals surface area contributed by atoms with Crippen molar-refractivity contribution < 1.29 is 8.78 Å². The Balaban J connectivity index is 2.23. The maximum absolute atomic E-state index is 13.8. The molecule has 1 aromatic carbocycles. The fourth-order valence-electron chi connectivity index (χ4n) is 3.31. The molecule has 1 unspecified atom stereocenters. The highest BCUT2D eigenvalue weighted by atomic mass is 19.3. The van der Waals surface area contributed by atoms with E-state index in [1.807, 2.05) is 19.9 Å². The topological polar surface area (TPSA) is 64.2 Å². The molecule has 2 N–H and O–H groups in total. The molecular formula is C17H22F2N4O. The Morgan fingerprint density at radius 3 is 2.71 bits per heavy atom. The first-order valence-corrected chi connectivity index (χ1v) is 8.09. The molecule has 3 rings (SSSR count). The summed E-state index contributed by atoms with van der Waals surface area (Å²) in [5.41, 5.74) is 7.97. The van der Waals surface area contributed by atoms with Crippen LogP contribution in [0.3, 0.4) is 0 Å². The van der Waals surface area contributed by atoms with E-state index in [2.05, 4.69) is 4.98 Å². The van der Waals surface area contributed by atoms with Gasteiger partial charge in [0.2, 0.25) is 5.95 Å². The molecule has 1 saturated heterocycles. The lowest BCUT2D eigenvalue weighted by Gasteiger charge is -2.34. The highest BCUT2D eigenvalue weighted by Crippen LogP contribution is 2.30. The fraction of sp³-hybridized carbons (Fsp3) is 0.529. The van der Waals surface area contributed by atoms with Crippen molar-refractivity contribution in [2.24, 2.45) is 12.8 Å². The second kappa shape index (κ2) is 5.81. The van der Waals surface area contributed by atoms with Gasteiger partial charge in [0.15, 0.2) is 0 Å². The van der Waals surface area contributed by atoms with Crippen molar-refractivity contribution in [1.29, 1.82) is 0 Å². The minimum Gasteiger partial charge on any atom is -0.336 e. The summed E-state index contributed by atoms with van der Waals surface area (Å²) < 4.78 is 28.9. The summed E-state index contributed by atoms with van der Waals surface area (Å²) in [6.07, 6.45) is 0.240. The molecule has 0 saturated carbocycles. The van der Waals surface area contributed by atoms with Crippen LogP contribution in [-0.4, -0.2) is 28.6 Å². The molecule has 0 amide bonds. The van der Waals surface area contributed by atoms with Crippen molar-refractivity contribution in [3.63, 3.8) is 0 Å². The third-order valence-electron chi connectivity index (χ3n) is 4.50. The minimum absolute atomic E-state index is 0.130. The van der Waals surface area contributed by atoms with E-state index in [1.165, 1.54) is 9.47 Å². The molecule has 0 bridgehead atoms. The van der Waals surface area contributed by atoms with Crippen molar-refractivity contribution in [3.8, 4) is 0 Å². The van der Waals surface area contributed by atoms with Gasteiger partial charge in [0.1, 0.15) is 0 Å². The molecule has 5 nitrogen and oxygen atoms in total. The Morgan fingerprint density at radius 1 is 1.38 bits per heavy atom. The van der Waals surface area contributed by atoms with Crippen LogP contribution in [-0.2, 0) is 7.05 Å². The second-order valence-electron chi connectivity index (χ2n) is 6.70. The van der Waals surface area contributed by atoms with Crippen LogP contribution < -0.4 is 16.2 Å². The van der Waals surface area contributed by atoms with Gasteiger partial charge < -0.3 is 10.6 Å². The average molecular weight is 336 g/mol. The number of anilines is 1. The molecule has 2 aromatic rings. The molecular weight excluding hydrogens is 314 g/mol. The van der Waals surface area contributed by atoms with E-state index in [4.69, 9.17) is 5.73 Å². The maximum Gasteiger partial charge on any atom is 0.265 e. The van der Waals surface area contributed by atoms with Gasteiger partial charge in [0.05, 0.1) is 17.4 Å². The number of nitrogens with zero attached hydrogens (tertiary/aromatic N) is 3. The lowest BCUT2D eigenvalue weighted by Crippen LogP contribution is -2.45. The number of piperidine rings is 1. The first-order chi connectivity index (χ1) is 11.2. The van der Waals surface area contributed by atoms with Gasteiger partial charge >= 0.3 is 0 Å². The van der Waals surface area contributed by atoms with E-state index < -0.39 is 12.5 Å². The van der Waals surface area contributed by atoms with E-state index in [9.17, 15) is 13.6 Å². The number of rotatable bonds is 2. The summed E-state index contributed by atoms with van der Waals surface area (Å²) in [7, 11) is 1.57. The van der Waals surface area contributed by atoms with Crippen molar-refractivity contribution in [2.75, 3.05) is 18.0 Å².